The highest BCUT2D eigenvalue weighted by molar-refractivity contribution is 9.10. The molecule has 1 aromatic heterocycles. The molecule has 2 aliphatic carbocycles. The van der Waals surface area contributed by atoms with Crippen molar-refractivity contribution in [2.75, 3.05) is 4.90 Å². The lowest BCUT2D eigenvalue weighted by Crippen LogP contribution is -2.42. The molecule has 8 rings (SSSR count). The Hall–Kier alpha value is -3.74. The first-order chi connectivity index (χ1) is 21.7. The summed E-state index contributed by atoms with van der Waals surface area (Å²) < 4.78 is 7.22. The third-order valence-corrected chi connectivity index (χ3v) is 13.0. The van der Waals surface area contributed by atoms with E-state index in [1.807, 2.05) is 43.3 Å². The van der Waals surface area contributed by atoms with Gasteiger partial charge in [-0.1, -0.05) is 57.1 Å². The highest BCUT2D eigenvalue weighted by Crippen LogP contribution is 2.69. The molecule has 0 radical (unpaired) electrons. The van der Waals surface area contributed by atoms with Gasteiger partial charge in [-0.25, -0.2) is 0 Å². The topological polar surface area (TPSA) is 123 Å². The largest absolute Gasteiger partial charge is 0.489 e. The Morgan fingerprint density at radius 2 is 1.71 bits per heavy atom. The third kappa shape index (κ3) is 4.51. The number of carbonyl (C=O) groups excluding carboxylic acids is 2. The normalized spacial score (nSPS) is 27.8. The van der Waals surface area contributed by atoms with Gasteiger partial charge in [0, 0.05) is 38.2 Å². The second-order valence-electron chi connectivity index (χ2n) is 12.2. The quantitative estimate of drug-likeness (QED) is 0.135. The fourth-order valence-corrected chi connectivity index (χ4v) is 11.2. The number of H-pyrrole nitrogens is 1. The number of aryl methyl sites for hydroxylation is 1. The van der Waals surface area contributed by atoms with Crippen LogP contribution < -0.4 is 14.5 Å². The Kier molecular flexibility index (Phi) is 6.81. The van der Waals surface area contributed by atoms with Crippen molar-refractivity contribution in [3.8, 4) is 5.75 Å². The number of rotatable bonds is 6. The summed E-state index contributed by atoms with van der Waals surface area (Å²) >= 11 is 6.12. The number of amides is 2. The fourth-order valence-electron chi connectivity index (χ4n) is 8.08. The van der Waals surface area contributed by atoms with E-state index in [2.05, 4.69) is 20.9 Å². The summed E-state index contributed by atoms with van der Waals surface area (Å²) in [6.07, 6.45) is 0.716. The minimum atomic E-state index is -0.483. The van der Waals surface area contributed by atoms with Crippen LogP contribution in [0.25, 0.3) is 0 Å². The van der Waals surface area contributed by atoms with Gasteiger partial charge in [0.2, 0.25) is 11.8 Å². The molecule has 2 aliphatic heterocycles. The van der Waals surface area contributed by atoms with E-state index in [1.165, 1.54) is 11.0 Å². The van der Waals surface area contributed by atoms with Crippen LogP contribution in [0.1, 0.15) is 33.9 Å². The van der Waals surface area contributed by atoms with Crippen molar-refractivity contribution in [1.29, 1.82) is 0 Å². The zero-order valence-corrected chi connectivity index (χ0v) is 27.1. The van der Waals surface area contributed by atoms with Gasteiger partial charge in [-0.05, 0) is 67.0 Å². The molecule has 4 aliphatic rings. The van der Waals surface area contributed by atoms with Crippen molar-refractivity contribution in [1.82, 2.24) is 4.98 Å². The Morgan fingerprint density at radius 1 is 1.00 bits per heavy atom. The van der Waals surface area contributed by atoms with Crippen molar-refractivity contribution >= 4 is 62.2 Å². The SMILES string of the molecule is Cc1ccc(COc2ccc([N+](=O)[O-])cc2[C@@H]2c3sc(=O)[nH]c3S[C@@H]3[C@@H]4C[C@@H]([C@@H]5C(=O)N(c6ccc(Br)cc6)C(=O)[C@@H]45)[C@@H]23)cc1. The van der Waals surface area contributed by atoms with Crippen molar-refractivity contribution in [2.24, 2.45) is 29.6 Å². The van der Waals surface area contributed by atoms with E-state index in [1.54, 1.807) is 36.0 Å². The lowest BCUT2D eigenvalue weighted by Gasteiger charge is -2.43. The van der Waals surface area contributed by atoms with Gasteiger partial charge >= 0.3 is 4.87 Å². The van der Waals surface area contributed by atoms with Crippen molar-refractivity contribution in [2.45, 2.75) is 36.1 Å². The van der Waals surface area contributed by atoms with Crippen LogP contribution in [0.2, 0.25) is 0 Å². The van der Waals surface area contributed by atoms with Crippen molar-refractivity contribution in [3.63, 3.8) is 0 Å². The molecule has 2 amide bonds. The number of thioether (sulfide) groups is 1. The number of nitrogens with zero attached hydrogens (tertiary/aromatic N) is 2. The van der Waals surface area contributed by atoms with E-state index in [-0.39, 0.29) is 52.0 Å². The predicted octanol–water partition coefficient (Wildman–Crippen LogP) is 6.67. The summed E-state index contributed by atoms with van der Waals surface area (Å²) in [6.45, 7) is 2.28. The smallest absolute Gasteiger partial charge is 0.305 e. The number of aromatic nitrogens is 1. The number of aromatic amines is 1. The monoisotopic (exact) mass is 703 g/mol. The Labute approximate surface area is 274 Å². The molecule has 3 aromatic carbocycles. The molecule has 228 valence electrons. The second kappa shape index (κ2) is 10.7. The molecule has 0 unspecified atom stereocenters. The number of anilines is 1. The highest BCUT2D eigenvalue weighted by Gasteiger charge is 2.70. The minimum absolute atomic E-state index is 0.0511. The number of halogens is 1. The Bertz CT molecular complexity index is 1940. The van der Waals surface area contributed by atoms with E-state index in [4.69, 9.17) is 4.74 Å². The number of non-ortho nitro benzene ring substituents is 1. The lowest BCUT2D eigenvalue weighted by molar-refractivity contribution is -0.385. The summed E-state index contributed by atoms with van der Waals surface area (Å²) in [5.74, 6) is -1.50. The van der Waals surface area contributed by atoms with Gasteiger partial charge in [0.05, 0.1) is 27.5 Å². The van der Waals surface area contributed by atoms with Gasteiger partial charge in [-0.2, -0.15) is 0 Å². The van der Waals surface area contributed by atoms with E-state index in [0.29, 0.717) is 23.4 Å². The summed E-state index contributed by atoms with van der Waals surface area (Å²) in [7, 11) is 0. The van der Waals surface area contributed by atoms with Gasteiger partial charge < -0.3 is 9.72 Å². The fraction of sp³-hybridized carbons (Fsp3) is 0.303. The molecule has 2 saturated carbocycles. The van der Waals surface area contributed by atoms with Crippen LogP contribution in [0.5, 0.6) is 5.75 Å². The van der Waals surface area contributed by atoms with Crippen LogP contribution >= 0.6 is 39.0 Å². The molecule has 2 bridgehead atoms. The van der Waals surface area contributed by atoms with Gasteiger partial charge in [-0.15, -0.1) is 11.8 Å². The van der Waals surface area contributed by atoms with Gasteiger partial charge in [-0.3, -0.25) is 29.4 Å². The zero-order valence-electron chi connectivity index (χ0n) is 23.8. The van der Waals surface area contributed by atoms with E-state index in [9.17, 15) is 24.5 Å². The van der Waals surface area contributed by atoms with Crippen LogP contribution in [-0.2, 0) is 16.2 Å². The average Bonchev–Trinajstić information content (AvgIpc) is 3.76. The van der Waals surface area contributed by atoms with Crippen molar-refractivity contribution < 1.29 is 19.2 Å². The first-order valence-electron chi connectivity index (χ1n) is 14.7. The van der Waals surface area contributed by atoms with E-state index >= 15 is 0 Å². The number of hydrogen-bond donors (Lipinski definition) is 1. The molecule has 9 nitrogen and oxygen atoms in total. The molecule has 45 heavy (non-hydrogen) atoms. The first-order valence-corrected chi connectivity index (χ1v) is 17.2. The summed E-state index contributed by atoms with van der Waals surface area (Å²) in [4.78, 5) is 57.2. The summed E-state index contributed by atoms with van der Waals surface area (Å²) in [5, 5.41) is 12.7. The molecular formula is C33H26BrN3O6S2. The minimum Gasteiger partial charge on any atom is -0.489 e. The number of carbonyl (C=O) groups is 2. The van der Waals surface area contributed by atoms with Gasteiger partial charge in [0.1, 0.15) is 12.4 Å². The molecule has 3 heterocycles. The standard InChI is InChI=1S/C33H26BrN3O6S2/c1-15-2-4-16(5-3-15)14-43-23-11-10-19(37(41)42)12-20(23)24-25-21-13-22(28(25)44-30-29(24)45-33(40)35-30)27-26(21)31(38)36(32(27)39)18-8-6-17(34)7-9-18/h2-12,21-22,24-28H,13-14H2,1H3,(H,35,40)/t21-,22-,24+,25+,26+,27+,28-/m1/s1. The number of benzene rings is 3. The molecule has 12 heteroatoms. The maximum Gasteiger partial charge on any atom is 0.305 e. The maximum atomic E-state index is 14.1. The van der Waals surface area contributed by atoms with Gasteiger partial charge in [0.25, 0.3) is 5.69 Å². The Morgan fingerprint density at radius 3 is 2.42 bits per heavy atom. The lowest BCUT2D eigenvalue weighted by atomic mass is 9.68. The highest BCUT2D eigenvalue weighted by atomic mass is 79.9. The van der Waals surface area contributed by atoms with Crippen LogP contribution in [0.15, 0.2) is 81.0 Å². The number of imide groups is 1. The molecule has 1 N–H and O–H groups in total. The van der Waals surface area contributed by atoms with Crippen LogP contribution in [0.4, 0.5) is 11.4 Å². The van der Waals surface area contributed by atoms with Crippen LogP contribution in [0.3, 0.4) is 0 Å². The number of nitro groups is 1. The average molecular weight is 705 g/mol. The van der Waals surface area contributed by atoms with Crippen LogP contribution in [0, 0.1) is 46.6 Å². The zero-order chi connectivity index (χ0) is 31.1. The molecule has 7 atom stereocenters. The van der Waals surface area contributed by atoms with Crippen molar-refractivity contribution in [3.05, 3.63) is 113 Å². The number of ether oxygens (including phenoxy) is 1. The summed E-state index contributed by atoms with van der Waals surface area (Å²) in [6, 6.07) is 19.8. The number of fused-ring (bicyclic) bond motifs is 9. The number of thiazole rings is 1. The van der Waals surface area contributed by atoms with E-state index < -0.39 is 22.7 Å². The second-order valence-corrected chi connectivity index (χ2v) is 15.3. The van der Waals surface area contributed by atoms with Gasteiger partial charge in [0.15, 0.2) is 0 Å². The molecule has 3 fully saturated rings. The molecule has 0 spiro atoms. The Balaban J connectivity index is 1.22. The predicted molar refractivity (Wildman–Crippen MR) is 174 cm³/mol. The number of nitrogens with one attached hydrogen (secondary N) is 1. The maximum absolute atomic E-state index is 14.1. The van der Waals surface area contributed by atoms with E-state index in [0.717, 1.165) is 36.8 Å². The molecule has 4 aromatic rings. The third-order valence-electron chi connectivity index (χ3n) is 9.86. The molecular weight excluding hydrogens is 678 g/mol. The summed E-state index contributed by atoms with van der Waals surface area (Å²) in [5.41, 5.74) is 3.21. The first kappa shape index (κ1) is 28.7. The number of hydrogen-bond acceptors (Lipinski definition) is 8. The van der Waals surface area contributed by atoms with Crippen LogP contribution in [-0.4, -0.2) is 27.0 Å². The molecule has 1 saturated heterocycles. The number of nitro benzene ring substituents is 1.